The Morgan fingerprint density at radius 3 is 2.89 bits per heavy atom. The summed E-state index contributed by atoms with van der Waals surface area (Å²) in [5, 5.41) is 13.9. The summed E-state index contributed by atoms with van der Waals surface area (Å²) in [6.07, 6.45) is 3.14. The Bertz CT molecular complexity index is 789. The highest BCUT2D eigenvalue weighted by molar-refractivity contribution is 6.76. The second-order valence-corrected chi connectivity index (χ2v) is 13.9. The van der Waals surface area contributed by atoms with Gasteiger partial charge >= 0.3 is 6.09 Å². The molecule has 0 saturated carbocycles. The third-order valence-electron chi connectivity index (χ3n) is 4.86. The molecule has 0 bridgehead atoms. The molecule has 3 rings (SSSR count). The Hall–Kier alpha value is -2.16. The molecule has 1 aliphatic heterocycles. The third kappa shape index (κ3) is 5.21. The minimum absolute atomic E-state index is 0.0633. The molecular formula is C20H29N3O4Si. The van der Waals surface area contributed by atoms with E-state index in [0.29, 0.717) is 13.2 Å². The predicted octanol–water partition coefficient (Wildman–Crippen LogP) is 3.78. The quantitative estimate of drug-likeness (QED) is 0.412. The zero-order valence-electron chi connectivity index (χ0n) is 16.8. The molecule has 0 radical (unpaired) electrons. The van der Waals surface area contributed by atoms with Gasteiger partial charge in [0, 0.05) is 27.1 Å². The van der Waals surface area contributed by atoms with Gasteiger partial charge in [-0.25, -0.2) is 9.48 Å². The van der Waals surface area contributed by atoms with Crippen LogP contribution in [0.25, 0.3) is 5.69 Å². The molecule has 1 atom stereocenters. The van der Waals surface area contributed by atoms with Gasteiger partial charge in [-0.1, -0.05) is 31.8 Å². The number of carbonyl (C=O) groups is 1. The number of fused-ring (bicyclic) bond motifs is 1. The third-order valence-corrected chi connectivity index (χ3v) is 6.56. The molecule has 1 unspecified atom stereocenters. The van der Waals surface area contributed by atoms with Crippen LogP contribution in [0.1, 0.15) is 17.2 Å². The van der Waals surface area contributed by atoms with E-state index in [9.17, 15) is 9.90 Å². The van der Waals surface area contributed by atoms with Crippen LogP contribution in [0, 0.1) is 0 Å². The van der Waals surface area contributed by atoms with Crippen molar-refractivity contribution in [2.75, 3.05) is 26.5 Å². The van der Waals surface area contributed by atoms with Gasteiger partial charge in [-0.05, 0) is 35.7 Å². The van der Waals surface area contributed by atoms with Crippen LogP contribution in [-0.2, 0) is 15.9 Å². The zero-order valence-corrected chi connectivity index (χ0v) is 17.8. The van der Waals surface area contributed by atoms with E-state index >= 15 is 0 Å². The first kappa shape index (κ1) is 20.6. The lowest BCUT2D eigenvalue weighted by Gasteiger charge is -2.31. The maximum Gasteiger partial charge on any atom is 0.409 e. The number of rotatable bonds is 8. The van der Waals surface area contributed by atoms with E-state index in [1.54, 1.807) is 6.20 Å². The second kappa shape index (κ2) is 8.89. The SMILES string of the molecule is C[Si](C)(C)CCOCN(CC1OCCc2c1cccc2-n1cccn1)C(=O)O. The minimum Gasteiger partial charge on any atom is -0.465 e. The van der Waals surface area contributed by atoms with Crippen molar-refractivity contribution < 1.29 is 19.4 Å². The van der Waals surface area contributed by atoms with Crippen molar-refractivity contribution in [3.8, 4) is 5.69 Å². The molecule has 1 N–H and O–H groups in total. The van der Waals surface area contributed by atoms with Crippen LogP contribution in [0.15, 0.2) is 36.7 Å². The molecule has 8 heteroatoms. The summed E-state index contributed by atoms with van der Waals surface area (Å²) in [6.45, 7) is 8.27. The highest BCUT2D eigenvalue weighted by Crippen LogP contribution is 2.31. The Kier molecular flexibility index (Phi) is 6.53. The molecule has 2 heterocycles. The number of hydrogen-bond donors (Lipinski definition) is 1. The van der Waals surface area contributed by atoms with Crippen molar-refractivity contribution in [2.45, 2.75) is 38.2 Å². The highest BCUT2D eigenvalue weighted by Gasteiger charge is 2.27. The molecule has 0 spiro atoms. The Balaban J connectivity index is 1.70. The van der Waals surface area contributed by atoms with E-state index in [-0.39, 0.29) is 19.4 Å². The van der Waals surface area contributed by atoms with E-state index in [1.807, 2.05) is 35.1 Å². The summed E-state index contributed by atoms with van der Waals surface area (Å²) in [6, 6.07) is 8.91. The second-order valence-electron chi connectivity index (χ2n) is 8.26. The maximum atomic E-state index is 11.7. The van der Waals surface area contributed by atoms with Crippen molar-refractivity contribution in [3.05, 3.63) is 47.8 Å². The van der Waals surface area contributed by atoms with Gasteiger partial charge < -0.3 is 14.6 Å². The lowest BCUT2D eigenvalue weighted by atomic mass is 9.95. The van der Waals surface area contributed by atoms with Gasteiger partial charge in [0.25, 0.3) is 0 Å². The number of benzene rings is 1. The first-order valence-electron chi connectivity index (χ1n) is 9.64. The Morgan fingerprint density at radius 1 is 1.39 bits per heavy atom. The highest BCUT2D eigenvalue weighted by atomic mass is 28.3. The first-order valence-corrected chi connectivity index (χ1v) is 13.3. The van der Waals surface area contributed by atoms with Crippen LogP contribution in [0.3, 0.4) is 0 Å². The van der Waals surface area contributed by atoms with E-state index in [1.165, 1.54) is 4.90 Å². The van der Waals surface area contributed by atoms with Crippen LogP contribution in [0.4, 0.5) is 4.79 Å². The number of nitrogens with zero attached hydrogens (tertiary/aromatic N) is 3. The van der Waals surface area contributed by atoms with Crippen LogP contribution < -0.4 is 0 Å². The molecule has 1 aromatic carbocycles. The standard InChI is InChI=1S/C20H29N3O4Si/c1-28(2,3)13-12-26-15-22(20(24)25)14-19-17-6-4-7-18(16(17)8-11-27-19)23-10-5-9-21-23/h4-7,9-10,19H,8,11-15H2,1-3H3,(H,24,25). The minimum atomic E-state index is -1.20. The van der Waals surface area contributed by atoms with Crippen LogP contribution in [0.2, 0.25) is 25.7 Å². The maximum absolute atomic E-state index is 11.7. The van der Waals surface area contributed by atoms with Crippen LogP contribution in [-0.4, -0.2) is 60.4 Å². The molecule has 0 fully saturated rings. The molecule has 152 valence electrons. The van der Waals surface area contributed by atoms with Gasteiger partial charge in [-0.3, -0.25) is 4.90 Å². The smallest absolute Gasteiger partial charge is 0.409 e. The summed E-state index contributed by atoms with van der Waals surface area (Å²) in [7, 11) is -1.20. The number of ether oxygens (including phenoxy) is 2. The van der Waals surface area contributed by atoms with Crippen molar-refractivity contribution >= 4 is 14.2 Å². The van der Waals surface area contributed by atoms with Gasteiger partial charge in [0.2, 0.25) is 0 Å². The molecule has 1 aliphatic rings. The lowest BCUT2D eigenvalue weighted by Crippen LogP contribution is -2.38. The molecule has 7 nitrogen and oxygen atoms in total. The molecular weight excluding hydrogens is 374 g/mol. The van der Waals surface area contributed by atoms with Crippen molar-refractivity contribution in [1.29, 1.82) is 0 Å². The number of hydrogen-bond acceptors (Lipinski definition) is 4. The average molecular weight is 404 g/mol. The summed E-state index contributed by atoms with van der Waals surface area (Å²) < 4.78 is 13.4. The zero-order chi connectivity index (χ0) is 20.1. The fourth-order valence-electron chi connectivity index (χ4n) is 3.28. The molecule has 1 amide bonds. The van der Waals surface area contributed by atoms with Gasteiger partial charge in [0.1, 0.15) is 12.8 Å². The topological polar surface area (TPSA) is 76.8 Å². The van der Waals surface area contributed by atoms with Crippen LogP contribution >= 0.6 is 0 Å². The van der Waals surface area contributed by atoms with Gasteiger partial charge in [-0.2, -0.15) is 5.10 Å². The Labute approximate surface area is 166 Å². The summed E-state index contributed by atoms with van der Waals surface area (Å²) in [5.74, 6) is 0. The van der Waals surface area contributed by atoms with E-state index in [2.05, 4.69) is 24.7 Å². The molecule has 1 aromatic heterocycles. The van der Waals surface area contributed by atoms with Crippen molar-refractivity contribution in [3.63, 3.8) is 0 Å². The summed E-state index contributed by atoms with van der Waals surface area (Å²) >= 11 is 0. The van der Waals surface area contributed by atoms with Crippen LogP contribution in [0.5, 0.6) is 0 Å². The van der Waals surface area contributed by atoms with Crippen molar-refractivity contribution in [2.24, 2.45) is 0 Å². The van der Waals surface area contributed by atoms with Crippen molar-refractivity contribution in [1.82, 2.24) is 14.7 Å². The van der Waals surface area contributed by atoms with E-state index in [0.717, 1.165) is 29.3 Å². The summed E-state index contributed by atoms with van der Waals surface area (Å²) in [5.41, 5.74) is 3.20. The molecule has 0 aliphatic carbocycles. The molecule has 2 aromatic rings. The normalized spacial score (nSPS) is 16.6. The fraction of sp³-hybridized carbons (Fsp3) is 0.500. The fourth-order valence-corrected chi connectivity index (χ4v) is 4.03. The lowest BCUT2D eigenvalue weighted by molar-refractivity contribution is -0.0172. The monoisotopic (exact) mass is 403 g/mol. The van der Waals surface area contributed by atoms with Gasteiger partial charge in [0.05, 0.1) is 18.8 Å². The first-order chi connectivity index (χ1) is 13.3. The van der Waals surface area contributed by atoms with E-state index in [4.69, 9.17) is 9.47 Å². The Morgan fingerprint density at radius 2 is 2.21 bits per heavy atom. The largest absolute Gasteiger partial charge is 0.465 e. The molecule has 28 heavy (non-hydrogen) atoms. The number of amides is 1. The van der Waals surface area contributed by atoms with E-state index < -0.39 is 14.2 Å². The average Bonchev–Trinajstić information content (AvgIpc) is 3.17. The number of aromatic nitrogens is 2. The van der Waals surface area contributed by atoms with Gasteiger partial charge in [-0.15, -0.1) is 0 Å². The predicted molar refractivity (Wildman–Crippen MR) is 110 cm³/mol. The number of carboxylic acid groups (broad SMARTS) is 1. The molecule has 0 saturated heterocycles. The van der Waals surface area contributed by atoms with Gasteiger partial charge in [0.15, 0.2) is 0 Å². The summed E-state index contributed by atoms with van der Waals surface area (Å²) in [4.78, 5) is 13.0.